The molecule has 2 heterocycles. The molecule has 3 rings (SSSR count). The Hall–Kier alpha value is -1.82. The molecule has 106 valence electrons. The van der Waals surface area contributed by atoms with Gasteiger partial charge >= 0.3 is 5.97 Å². The van der Waals surface area contributed by atoms with Crippen molar-refractivity contribution in [2.24, 2.45) is 0 Å². The summed E-state index contributed by atoms with van der Waals surface area (Å²) in [5, 5.41) is 15.2. The van der Waals surface area contributed by atoms with Crippen LogP contribution >= 0.6 is 11.3 Å². The zero-order chi connectivity index (χ0) is 13.9. The van der Waals surface area contributed by atoms with Gasteiger partial charge in [-0.05, 0) is 30.4 Å². The second kappa shape index (κ2) is 5.66. The standard InChI is InChI=1S/C14H16N2O3S/c17-14(18)13-12(6-8-20-13)19-9-10-5-7-16(15-10)11-3-1-2-4-11/h5-8,11H,1-4,9H2,(H,17,18). The van der Waals surface area contributed by atoms with Gasteiger partial charge in [0.2, 0.25) is 0 Å². The zero-order valence-electron chi connectivity index (χ0n) is 11.0. The van der Waals surface area contributed by atoms with Gasteiger partial charge in [-0.2, -0.15) is 5.10 Å². The van der Waals surface area contributed by atoms with Gasteiger partial charge in [-0.25, -0.2) is 4.79 Å². The lowest BCUT2D eigenvalue weighted by Gasteiger charge is -2.09. The molecule has 0 amide bonds. The third kappa shape index (κ3) is 2.70. The highest BCUT2D eigenvalue weighted by molar-refractivity contribution is 7.12. The number of aromatic nitrogens is 2. The quantitative estimate of drug-likeness (QED) is 0.918. The van der Waals surface area contributed by atoms with Crippen LogP contribution < -0.4 is 4.74 Å². The molecular weight excluding hydrogens is 276 g/mol. The Morgan fingerprint density at radius 3 is 3.00 bits per heavy atom. The molecular formula is C14H16N2O3S. The minimum Gasteiger partial charge on any atom is -0.485 e. The second-order valence-electron chi connectivity index (χ2n) is 4.93. The predicted molar refractivity (Wildman–Crippen MR) is 75.3 cm³/mol. The third-order valence-electron chi connectivity index (χ3n) is 3.56. The van der Waals surface area contributed by atoms with Crippen LogP contribution in [0.1, 0.15) is 47.1 Å². The van der Waals surface area contributed by atoms with E-state index in [2.05, 4.69) is 5.10 Å². The van der Waals surface area contributed by atoms with Gasteiger partial charge < -0.3 is 9.84 Å². The van der Waals surface area contributed by atoms with E-state index in [9.17, 15) is 4.79 Å². The van der Waals surface area contributed by atoms with Crippen LogP contribution in [0.4, 0.5) is 0 Å². The number of carboxylic acids is 1. The van der Waals surface area contributed by atoms with Crippen LogP contribution in [0.5, 0.6) is 5.75 Å². The molecule has 0 spiro atoms. The first-order valence-corrected chi connectivity index (χ1v) is 7.59. The molecule has 0 saturated heterocycles. The molecule has 2 aromatic rings. The van der Waals surface area contributed by atoms with E-state index in [0.29, 0.717) is 18.4 Å². The van der Waals surface area contributed by atoms with E-state index >= 15 is 0 Å². The highest BCUT2D eigenvalue weighted by Gasteiger charge is 2.18. The van der Waals surface area contributed by atoms with Gasteiger partial charge in [-0.1, -0.05) is 12.8 Å². The van der Waals surface area contributed by atoms with Crippen molar-refractivity contribution in [2.75, 3.05) is 0 Å². The van der Waals surface area contributed by atoms with E-state index < -0.39 is 5.97 Å². The van der Waals surface area contributed by atoms with Gasteiger partial charge in [0.05, 0.1) is 11.7 Å². The molecule has 0 atom stereocenters. The summed E-state index contributed by atoms with van der Waals surface area (Å²) in [6.45, 7) is 0.302. The molecule has 1 fully saturated rings. The lowest BCUT2D eigenvalue weighted by atomic mass is 10.3. The van der Waals surface area contributed by atoms with Gasteiger partial charge in [0.1, 0.15) is 12.4 Å². The van der Waals surface area contributed by atoms with Gasteiger partial charge in [0, 0.05) is 6.20 Å². The van der Waals surface area contributed by atoms with E-state index in [4.69, 9.17) is 9.84 Å². The van der Waals surface area contributed by atoms with E-state index in [1.165, 1.54) is 37.0 Å². The molecule has 6 heteroatoms. The number of thiophene rings is 1. The molecule has 0 aliphatic heterocycles. The van der Waals surface area contributed by atoms with Gasteiger partial charge in [0.15, 0.2) is 4.88 Å². The molecule has 1 saturated carbocycles. The Balaban J connectivity index is 1.63. The Morgan fingerprint density at radius 1 is 1.45 bits per heavy atom. The average Bonchev–Trinajstić information content (AvgIpc) is 3.16. The first-order valence-electron chi connectivity index (χ1n) is 6.71. The summed E-state index contributed by atoms with van der Waals surface area (Å²) in [5.41, 5.74) is 0.833. The number of ether oxygens (including phenoxy) is 1. The van der Waals surface area contributed by atoms with Crippen molar-refractivity contribution in [1.29, 1.82) is 0 Å². The van der Waals surface area contributed by atoms with Crippen LogP contribution in [0.3, 0.4) is 0 Å². The van der Waals surface area contributed by atoms with Gasteiger partial charge in [0.25, 0.3) is 0 Å². The Labute approximate surface area is 120 Å². The predicted octanol–water partition coefficient (Wildman–Crippen LogP) is 3.34. The average molecular weight is 292 g/mol. The van der Waals surface area contributed by atoms with Crippen molar-refractivity contribution in [3.8, 4) is 5.75 Å². The van der Waals surface area contributed by atoms with Crippen LogP contribution in [-0.4, -0.2) is 20.9 Å². The summed E-state index contributed by atoms with van der Waals surface area (Å²) in [5.74, 6) is -0.538. The van der Waals surface area contributed by atoms with Crippen LogP contribution in [0, 0.1) is 0 Å². The summed E-state index contributed by atoms with van der Waals surface area (Å²) >= 11 is 1.17. The maximum Gasteiger partial charge on any atom is 0.349 e. The van der Waals surface area contributed by atoms with Gasteiger partial charge in [-0.3, -0.25) is 4.68 Å². The Kier molecular flexibility index (Phi) is 3.73. The summed E-state index contributed by atoms with van der Waals surface area (Å²) in [7, 11) is 0. The van der Waals surface area contributed by atoms with Gasteiger partial charge in [-0.15, -0.1) is 11.3 Å². The fraction of sp³-hybridized carbons (Fsp3) is 0.429. The molecule has 0 radical (unpaired) electrons. The SMILES string of the molecule is O=C(O)c1sccc1OCc1ccn(C2CCCC2)n1. The van der Waals surface area contributed by atoms with E-state index in [1.807, 2.05) is 16.9 Å². The van der Waals surface area contributed by atoms with Crippen LogP contribution in [0.15, 0.2) is 23.7 Å². The lowest BCUT2D eigenvalue weighted by Crippen LogP contribution is -2.06. The number of carboxylic acid groups (broad SMARTS) is 1. The van der Waals surface area contributed by atoms with E-state index in [-0.39, 0.29) is 4.88 Å². The van der Waals surface area contributed by atoms with Crippen LogP contribution in [-0.2, 0) is 6.61 Å². The maximum atomic E-state index is 11.0. The van der Waals surface area contributed by atoms with Crippen molar-refractivity contribution < 1.29 is 14.6 Å². The monoisotopic (exact) mass is 292 g/mol. The van der Waals surface area contributed by atoms with Crippen molar-refractivity contribution >= 4 is 17.3 Å². The number of rotatable bonds is 5. The van der Waals surface area contributed by atoms with Crippen molar-refractivity contribution in [3.63, 3.8) is 0 Å². The normalized spacial score (nSPS) is 15.6. The summed E-state index contributed by atoms with van der Waals surface area (Å²) in [6.07, 6.45) is 6.91. The highest BCUT2D eigenvalue weighted by atomic mass is 32.1. The van der Waals surface area contributed by atoms with Crippen molar-refractivity contribution in [1.82, 2.24) is 9.78 Å². The molecule has 2 aromatic heterocycles. The fourth-order valence-electron chi connectivity index (χ4n) is 2.55. The first kappa shape index (κ1) is 13.2. The molecule has 0 bridgehead atoms. The number of hydrogen-bond acceptors (Lipinski definition) is 4. The minimum atomic E-state index is -0.952. The summed E-state index contributed by atoms with van der Waals surface area (Å²) < 4.78 is 7.57. The molecule has 1 N–H and O–H groups in total. The molecule has 5 nitrogen and oxygen atoms in total. The molecule has 20 heavy (non-hydrogen) atoms. The van der Waals surface area contributed by atoms with Crippen LogP contribution in [0.2, 0.25) is 0 Å². The number of aromatic carboxylic acids is 1. The van der Waals surface area contributed by atoms with Crippen molar-refractivity contribution in [2.45, 2.75) is 38.3 Å². The Bertz CT molecular complexity index is 599. The maximum absolute atomic E-state index is 11.0. The fourth-order valence-corrected chi connectivity index (χ4v) is 3.22. The molecule has 1 aliphatic rings. The zero-order valence-corrected chi connectivity index (χ0v) is 11.8. The Morgan fingerprint density at radius 2 is 2.25 bits per heavy atom. The smallest absolute Gasteiger partial charge is 0.349 e. The third-order valence-corrected chi connectivity index (χ3v) is 4.44. The van der Waals surface area contributed by atoms with Crippen LogP contribution in [0.25, 0.3) is 0 Å². The number of carbonyl (C=O) groups is 1. The topological polar surface area (TPSA) is 64.3 Å². The molecule has 1 aliphatic carbocycles. The number of nitrogens with zero attached hydrogens (tertiary/aromatic N) is 2. The second-order valence-corrected chi connectivity index (χ2v) is 5.85. The molecule has 0 aromatic carbocycles. The summed E-state index contributed by atoms with van der Waals surface area (Å²) in [6, 6.07) is 4.13. The highest BCUT2D eigenvalue weighted by Crippen LogP contribution is 2.29. The first-order chi connectivity index (χ1) is 9.74. The van der Waals surface area contributed by atoms with Crippen molar-refractivity contribution in [3.05, 3.63) is 34.3 Å². The summed E-state index contributed by atoms with van der Waals surface area (Å²) in [4.78, 5) is 11.2. The molecule has 0 unspecified atom stereocenters. The van der Waals surface area contributed by atoms with E-state index in [0.717, 1.165) is 5.69 Å². The van der Waals surface area contributed by atoms with E-state index in [1.54, 1.807) is 11.4 Å². The largest absolute Gasteiger partial charge is 0.485 e. The minimum absolute atomic E-state index is 0.236. The number of hydrogen-bond donors (Lipinski definition) is 1. The lowest BCUT2D eigenvalue weighted by molar-refractivity contribution is 0.0697.